The van der Waals surface area contributed by atoms with Gasteiger partial charge in [-0.2, -0.15) is 8.42 Å². The van der Waals surface area contributed by atoms with Gasteiger partial charge in [0, 0.05) is 0 Å². The van der Waals surface area contributed by atoms with Gasteiger partial charge in [0.2, 0.25) is 0 Å². The van der Waals surface area contributed by atoms with Crippen LogP contribution in [0.4, 0.5) is 14.4 Å². The largest absolute Gasteiger partial charge is 0.445 e. The van der Waals surface area contributed by atoms with Crippen LogP contribution in [-0.2, 0) is 26.3 Å². The lowest BCUT2D eigenvalue weighted by Crippen LogP contribution is -2.67. The zero-order valence-corrected chi connectivity index (χ0v) is 14.0. The van der Waals surface area contributed by atoms with Gasteiger partial charge in [0.15, 0.2) is 0 Å². The molecule has 1 aromatic rings. The van der Waals surface area contributed by atoms with Gasteiger partial charge in [-0.25, -0.2) is 23.8 Å². The first kappa shape index (κ1) is 19.0. The lowest BCUT2D eigenvalue weighted by molar-refractivity contribution is -0.139. The van der Waals surface area contributed by atoms with Gasteiger partial charge in [-0.05, 0) is 5.56 Å². The molecule has 0 aromatic heterocycles. The summed E-state index contributed by atoms with van der Waals surface area (Å²) in [6, 6.07) is 5.10. The molecule has 2 rings (SSSR count). The molecule has 0 radical (unpaired) electrons. The average molecular weight is 385 g/mol. The number of urea groups is 2. The van der Waals surface area contributed by atoms with Gasteiger partial charge in [0.25, 0.3) is 5.91 Å². The summed E-state index contributed by atoms with van der Waals surface area (Å²) in [6.45, 7) is -0.272. The highest BCUT2D eigenvalue weighted by molar-refractivity contribution is 7.88. The van der Waals surface area contributed by atoms with Crippen LogP contribution in [0.5, 0.6) is 0 Å². The Hall–Kier alpha value is -3.35. The quantitative estimate of drug-likeness (QED) is 0.457. The van der Waals surface area contributed by atoms with Crippen LogP contribution in [0.1, 0.15) is 5.56 Å². The maximum absolute atomic E-state index is 11.8. The van der Waals surface area contributed by atoms with Gasteiger partial charge in [-0.15, -0.1) is 0 Å². The Morgan fingerprint density at radius 2 is 1.85 bits per heavy atom. The minimum atomic E-state index is -4.53. The summed E-state index contributed by atoms with van der Waals surface area (Å²) < 4.78 is 30.3. The number of ether oxygens (including phenoxy) is 1. The molecule has 0 bridgehead atoms. The van der Waals surface area contributed by atoms with E-state index in [-0.39, 0.29) is 13.2 Å². The number of hydrogen-bond donors (Lipinski definition) is 4. The van der Waals surface area contributed by atoms with Crippen molar-refractivity contribution < 1.29 is 32.3 Å². The number of likely N-dealkylation sites (tertiary alicyclic amines) is 1. The maximum atomic E-state index is 11.8. The Morgan fingerprint density at radius 1 is 1.19 bits per heavy atom. The predicted molar refractivity (Wildman–Crippen MR) is 85.4 cm³/mol. The van der Waals surface area contributed by atoms with Gasteiger partial charge in [0.05, 0.1) is 6.54 Å². The van der Waals surface area contributed by atoms with Crippen molar-refractivity contribution in [3.63, 3.8) is 0 Å². The third-order valence-electron chi connectivity index (χ3n) is 3.14. The topological polar surface area (TPSA) is 177 Å². The van der Waals surface area contributed by atoms with Crippen molar-refractivity contribution in [2.45, 2.75) is 12.6 Å². The number of nitrogens with two attached hydrogens (primary N) is 1. The zero-order valence-electron chi connectivity index (χ0n) is 13.2. The summed E-state index contributed by atoms with van der Waals surface area (Å²) in [6.07, 6.45) is -0.865. The summed E-state index contributed by atoms with van der Waals surface area (Å²) >= 11 is 0. The highest BCUT2D eigenvalue weighted by Gasteiger charge is 2.43. The summed E-state index contributed by atoms with van der Waals surface area (Å²) in [7, 11) is -4.53. The van der Waals surface area contributed by atoms with Crippen LogP contribution >= 0.6 is 0 Å². The summed E-state index contributed by atoms with van der Waals surface area (Å²) in [5.74, 6) is -0.839. The first-order valence-corrected chi connectivity index (χ1v) is 8.59. The minimum absolute atomic E-state index is 0.00514. The second-order valence-corrected chi connectivity index (χ2v) is 6.50. The fraction of sp³-hybridized carbons (Fsp3) is 0.231. The van der Waals surface area contributed by atoms with E-state index < -0.39 is 40.3 Å². The van der Waals surface area contributed by atoms with Gasteiger partial charge < -0.3 is 15.8 Å². The molecule has 13 heteroatoms. The van der Waals surface area contributed by atoms with Crippen molar-refractivity contribution in [1.29, 1.82) is 0 Å². The molecule has 6 amide bonds. The first-order chi connectivity index (χ1) is 12.2. The maximum Gasteiger partial charge on any atom is 0.408 e. The second-order valence-electron chi connectivity index (χ2n) is 5.08. The van der Waals surface area contributed by atoms with Crippen LogP contribution < -0.4 is 20.5 Å². The minimum Gasteiger partial charge on any atom is -0.445 e. The van der Waals surface area contributed by atoms with Crippen molar-refractivity contribution in [3.05, 3.63) is 35.9 Å². The van der Waals surface area contributed by atoms with Crippen LogP contribution in [-0.4, -0.2) is 50.0 Å². The normalized spacial score (nSPS) is 16.2. The van der Waals surface area contributed by atoms with Crippen LogP contribution in [0.25, 0.3) is 0 Å². The van der Waals surface area contributed by atoms with E-state index in [4.69, 9.17) is 4.74 Å². The Kier molecular flexibility index (Phi) is 5.61. The number of imide groups is 1. The molecular formula is C13H15N5O7S. The fourth-order valence-electron chi connectivity index (χ4n) is 1.95. The van der Waals surface area contributed by atoms with E-state index in [1.165, 1.54) is 9.44 Å². The SMILES string of the molecule is NC(=O)NS(=O)(=O)NC(=O)N1C[C@H](NC(=O)OCc2ccccc2)C1=O. The summed E-state index contributed by atoms with van der Waals surface area (Å²) in [5.41, 5.74) is 5.38. The third kappa shape index (κ3) is 5.07. The van der Waals surface area contributed by atoms with Crippen molar-refractivity contribution in [3.8, 4) is 0 Å². The smallest absolute Gasteiger partial charge is 0.408 e. The highest BCUT2D eigenvalue weighted by Crippen LogP contribution is 2.11. The average Bonchev–Trinajstić information content (AvgIpc) is 2.55. The Morgan fingerprint density at radius 3 is 2.42 bits per heavy atom. The lowest BCUT2D eigenvalue weighted by Gasteiger charge is -2.36. The second kappa shape index (κ2) is 7.69. The molecule has 1 aliphatic rings. The summed E-state index contributed by atoms with van der Waals surface area (Å²) in [5, 5.41) is 2.24. The fourth-order valence-corrected chi connectivity index (χ4v) is 2.61. The van der Waals surface area contributed by atoms with E-state index in [1.807, 2.05) is 0 Å². The van der Waals surface area contributed by atoms with Crippen molar-refractivity contribution in [2.75, 3.05) is 6.54 Å². The van der Waals surface area contributed by atoms with Crippen molar-refractivity contribution in [2.24, 2.45) is 5.73 Å². The Balaban J connectivity index is 1.78. The Bertz CT molecular complexity index is 827. The van der Waals surface area contributed by atoms with Crippen LogP contribution in [0.2, 0.25) is 0 Å². The van der Waals surface area contributed by atoms with Gasteiger partial charge in [-0.1, -0.05) is 30.3 Å². The molecule has 1 heterocycles. The number of β-lactam (4-membered cyclic amide) rings is 1. The number of benzene rings is 1. The van der Waals surface area contributed by atoms with Gasteiger partial charge in [-0.3, -0.25) is 9.69 Å². The van der Waals surface area contributed by atoms with E-state index >= 15 is 0 Å². The standard InChI is InChI=1S/C13H15N5O7S/c14-11(20)16-26(23,24)17-12(21)18-6-9(10(18)19)15-13(22)25-7-8-4-2-1-3-5-8/h1-5,9H,6-7H2,(H,15,22)(H,17,21)(H3,14,16,20)/t9-/m0/s1. The van der Waals surface area contributed by atoms with E-state index in [2.05, 4.69) is 11.1 Å². The molecular weight excluding hydrogens is 370 g/mol. The molecule has 1 fully saturated rings. The van der Waals surface area contributed by atoms with E-state index in [1.54, 1.807) is 30.3 Å². The molecule has 26 heavy (non-hydrogen) atoms. The predicted octanol–water partition coefficient (Wildman–Crippen LogP) is -1.25. The van der Waals surface area contributed by atoms with Crippen molar-refractivity contribution >= 4 is 34.3 Å². The molecule has 5 N–H and O–H groups in total. The van der Waals surface area contributed by atoms with E-state index in [0.717, 1.165) is 5.56 Å². The monoisotopic (exact) mass is 385 g/mol. The number of primary amides is 1. The molecule has 0 saturated carbocycles. The van der Waals surface area contributed by atoms with Crippen LogP contribution in [0, 0.1) is 0 Å². The first-order valence-electron chi connectivity index (χ1n) is 7.10. The Labute approximate surface area is 147 Å². The number of nitrogens with zero attached hydrogens (tertiary/aromatic N) is 1. The molecule has 140 valence electrons. The molecule has 0 spiro atoms. The molecule has 0 unspecified atom stereocenters. The number of rotatable bonds is 5. The van der Waals surface area contributed by atoms with E-state index in [0.29, 0.717) is 4.90 Å². The third-order valence-corrected chi connectivity index (χ3v) is 4.05. The number of amides is 6. The number of hydrogen-bond acceptors (Lipinski definition) is 7. The number of alkyl carbamates (subject to hydrolysis) is 1. The van der Waals surface area contributed by atoms with Crippen molar-refractivity contribution in [1.82, 2.24) is 19.7 Å². The molecule has 1 atom stereocenters. The number of carbonyl (C=O) groups is 4. The zero-order chi connectivity index (χ0) is 19.3. The highest BCUT2D eigenvalue weighted by atomic mass is 32.2. The molecule has 1 aliphatic heterocycles. The lowest BCUT2D eigenvalue weighted by atomic mass is 10.1. The van der Waals surface area contributed by atoms with Gasteiger partial charge in [0.1, 0.15) is 12.6 Å². The number of carbonyl (C=O) groups excluding carboxylic acids is 4. The molecule has 12 nitrogen and oxygen atoms in total. The van der Waals surface area contributed by atoms with Crippen LogP contribution in [0.3, 0.4) is 0 Å². The van der Waals surface area contributed by atoms with E-state index in [9.17, 15) is 27.6 Å². The van der Waals surface area contributed by atoms with Gasteiger partial charge >= 0.3 is 28.4 Å². The molecule has 1 aromatic carbocycles. The number of nitrogens with one attached hydrogen (secondary N) is 3. The van der Waals surface area contributed by atoms with Crippen LogP contribution in [0.15, 0.2) is 30.3 Å². The summed E-state index contributed by atoms with van der Waals surface area (Å²) in [4.78, 5) is 46.1. The molecule has 1 saturated heterocycles. The molecule has 0 aliphatic carbocycles.